The fourth-order valence-corrected chi connectivity index (χ4v) is 2.55. The van der Waals surface area contributed by atoms with Gasteiger partial charge < -0.3 is 9.47 Å². The van der Waals surface area contributed by atoms with Crippen LogP contribution < -0.4 is 9.47 Å². The maximum Gasteiger partial charge on any atom is 0.231 e. The van der Waals surface area contributed by atoms with Crippen LogP contribution in [-0.4, -0.2) is 18.1 Å². The van der Waals surface area contributed by atoms with Gasteiger partial charge in [0.25, 0.3) is 0 Å². The number of hydrogen-bond acceptors (Lipinski definition) is 5. The summed E-state index contributed by atoms with van der Waals surface area (Å²) in [4.78, 5) is 16.0. The molecule has 0 saturated carbocycles. The highest BCUT2D eigenvalue weighted by Gasteiger charge is 2.16. The van der Waals surface area contributed by atoms with E-state index >= 15 is 0 Å². The number of benzene rings is 1. The van der Waals surface area contributed by atoms with Crippen LogP contribution in [0.2, 0.25) is 0 Å². The second-order valence-electron chi connectivity index (χ2n) is 3.65. The van der Waals surface area contributed by atoms with Crippen molar-refractivity contribution in [1.82, 2.24) is 4.98 Å². The smallest absolute Gasteiger partial charge is 0.231 e. The first-order valence-corrected chi connectivity index (χ1v) is 5.92. The van der Waals surface area contributed by atoms with Gasteiger partial charge in [0.1, 0.15) is 10.7 Å². The number of fused-ring (bicyclic) bond motifs is 1. The molecule has 2 heterocycles. The van der Waals surface area contributed by atoms with E-state index in [1.165, 1.54) is 11.3 Å². The second kappa shape index (κ2) is 3.85. The van der Waals surface area contributed by atoms with E-state index in [0.29, 0.717) is 5.69 Å². The molecule has 1 aliphatic rings. The predicted molar refractivity (Wildman–Crippen MR) is 63.8 cm³/mol. The maximum absolute atomic E-state index is 10.8. The fraction of sp³-hybridized carbons (Fsp3) is 0.167. The Morgan fingerprint density at radius 2 is 2.18 bits per heavy atom. The third-order valence-electron chi connectivity index (χ3n) is 2.56. The van der Waals surface area contributed by atoms with Crippen molar-refractivity contribution in [2.24, 2.45) is 0 Å². The Hall–Kier alpha value is -1.88. The molecule has 0 spiro atoms. The first-order chi connectivity index (χ1) is 8.28. The molecule has 0 bridgehead atoms. The zero-order chi connectivity index (χ0) is 11.8. The summed E-state index contributed by atoms with van der Waals surface area (Å²) < 4.78 is 10.6. The summed E-state index contributed by atoms with van der Waals surface area (Å²) in [7, 11) is 0. The van der Waals surface area contributed by atoms with Gasteiger partial charge in [-0.25, -0.2) is 4.98 Å². The van der Waals surface area contributed by atoms with Crippen LogP contribution in [0.5, 0.6) is 11.5 Å². The fourth-order valence-electron chi connectivity index (χ4n) is 1.67. The lowest BCUT2D eigenvalue weighted by molar-refractivity contribution is 0.111. The Kier molecular flexibility index (Phi) is 2.33. The monoisotopic (exact) mass is 247 g/mol. The summed E-state index contributed by atoms with van der Waals surface area (Å²) in [6.07, 6.45) is 0.780. The minimum atomic E-state index is 0.259. The molecule has 86 valence electrons. The van der Waals surface area contributed by atoms with E-state index in [4.69, 9.17) is 9.47 Å². The van der Waals surface area contributed by atoms with Crippen LogP contribution >= 0.6 is 11.3 Å². The van der Waals surface area contributed by atoms with Crippen LogP contribution in [0.15, 0.2) is 18.2 Å². The average molecular weight is 247 g/mol. The number of hydrogen-bond donors (Lipinski definition) is 0. The van der Waals surface area contributed by atoms with Gasteiger partial charge in [-0.2, -0.15) is 0 Å². The van der Waals surface area contributed by atoms with Crippen LogP contribution in [0, 0.1) is 6.92 Å². The molecule has 2 aromatic rings. The van der Waals surface area contributed by atoms with Gasteiger partial charge in [0.2, 0.25) is 6.79 Å². The van der Waals surface area contributed by atoms with Gasteiger partial charge in [0, 0.05) is 10.4 Å². The number of aryl methyl sites for hydroxylation is 1. The Bertz CT molecular complexity index is 591. The van der Waals surface area contributed by atoms with Crippen LogP contribution in [0.25, 0.3) is 10.6 Å². The summed E-state index contributed by atoms with van der Waals surface area (Å²) in [5.41, 5.74) is 1.44. The summed E-state index contributed by atoms with van der Waals surface area (Å²) in [5, 5.41) is 0.822. The van der Waals surface area contributed by atoms with Crippen LogP contribution in [0.1, 0.15) is 15.4 Å². The molecule has 0 N–H and O–H groups in total. The molecule has 0 aliphatic carbocycles. The van der Waals surface area contributed by atoms with Crippen molar-refractivity contribution in [3.8, 4) is 22.1 Å². The Morgan fingerprint density at radius 1 is 1.35 bits per heavy atom. The molecular weight excluding hydrogens is 238 g/mol. The van der Waals surface area contributed by atoms with Crippen molar-refractivity contribution in [3.63, 3.8) is 0 Å². The minimum absolute atomic E-state index is 0.259. The van der Waals surface area contributed by atoms with Gasteiger partial charge in [-0.05, 0) is 25.1 Å². The number of nitrogens with zero attached hydrogens (tertiary/aromatic N) is 1. The average Bonchev–Trinajstić information content (AvgIpc) is 2.93. The molecule has 0 amide bonds. The highest BCUT2D eigenvalue weighted by atomic mass is 32.1. The molecule has 1 aromatic heterocycles. The zero-order valence-corrected chi connectivity index (χ0v) is 9.91. The lowest BCUT2D eigenvalue weighted by atomic mass is 10.2. The third kappa shape index (κ3) is 1.68. The number of thiazole rings is 1. The first-order valence-electron chi connectivity index (χ1n) is 5.10. The highest BCUT2D eigenvalue weighted by molar-refractivity contribution is 7.15. The summed E-state index contributed by atoms with van der Waals surface area (Å²) in [6.45, 7) is 2.15. The zero-order valence-electron chi connectivity index (χ0n) is 9.10. The molecule has 1 aliphatic heterocycles. The molecule has 17 heavy (non-hydrogen) atoms. The first kappa shape index (κ1) is 10.3. The van der Waals surface area contributed by atoms with Crippen molar-refractivity contribution in [3.05, 3.63) is 28.8 Å². The number of carbonyl (C=O) groups is 1. The molecule has 5 heteroatoms. The van der Waals surface area contributed by atoms with Crippen molar-refractivity contribution >= 4 is 17.6 Å². The minimum Gasteiger partial charge on any atom is -0.454 e. The van der Waals surface area contributed by atoms with E-state index < -0.39 is 0 Å². The molecule has 3 rings (SSSR count). The van der Waals surface area contributed by atoms with Gasteiger partial charge in [0.05, 0.1) is 0 Å². The standard InChI is InChI=1S/C12H9NO3S/c1-7-9(5-14)13-12(17-7)8-2-3-10-11(4-8)16-6-15-10/h2-5H,6H2,1H3. The van der Waals surface area contributed by atoms with E-state index in [-0.39, 0.29) is 6.79 Å². The Labute approximate surface area is 102 Å². The summed E-state index contributed by atoms with van der Waals surface area (Å²) in [5.74, 6) is 1.47. The third-order valence-corrected chi connectivity index (χ3v) is 3.60. The molecule has 0 fully saturated rings. The van der Waals surface area contributed by atoms with Crippen LogP contribution in [0.4, 0.5) is 0 Å². The number of rotatable bonds is 2. The van der Waals surface area contributed by atoms with Crippen molar-refractivity contribution in [2.45, 2.75) is 6.92 Å². The van der Waals surface area contributed by atoms with E-state index in [0.717, 1.165) is 33.2 Å². The van der Waals surface area contributed by atoms with Gasteiger partial charge in [0.15, 0.2) is 17.8 Å². The summed E-state index contributed by atoms with van der Waals surface area (Å²) >= 11 is 1.50. The topological polar surface area (TPSA) is 48.4 Å². The van der Waals surface area contributed by atoms with Crippen LogP contribution in [-0.2, 0) is 0 Å². The number of carbonyl (C=O) groups excluding carboxylic acids is 1. The largest absolute Gasteiger partial charge is 0.454 e. The normalized spacial score (nSPS) is 12.8. The second-order valence-corrected chi connectivity index (χ2v) is 4.85. The lowest BCUT2D eigenvalue weighted by Crippen LogP contribution is -1.92. The summed E-state index contributed by atoms with van der Waals surface area (Å²) in [6, 6.07) is 5.66. The predicted octanol–water partition coefficient (Wildman–Crippen LogP) is 2.66. The molecular formula is C12H9NO3S. The molecule has 4 nitrogen and oxygen atoms in total. The quantitative estimate of drug-likeness (QED) is 0.765. The molecule has 0 radical (unpaired) electrons. The van der Waals surface area contributed by atoms with Crippen molar-refractivity contribution in [2.75, 3.05) is 6.79 Å². The molecule has 1 aromatic carbocycles. The number of ether oxygens (including phenoxy) is 2. The molecule has 0 unspecified atom stereocenters. The number of aldehydes is 1. The van der Waals surface area contributed by atoms with Crippen molar-refractivity contribution in [1.29, 1.82) is 0 Å². The maximum atomic E-state index is 10.8. The van der Waals surface area contributed by atoms with E-state index in [1.807, 2.05) is 25.1 Å². The van der Waals surface area contributed by atoms with E-state index in [2.05, 4.69) is 4.98 Å². The van der Waals surface area contributed by atoms with Crippen LogP contribution in [0.3, 0.4) is 0 Å². The van der Waals surface area contributed by atoms with E-state index in [1.54, 1.807) is 0 Å². The SMILES string of the molecule is Cc1sc(-c2ccc3c(c2)OCO3)nc1C=O. The van der Waals surface area contributed by atoms with Gasteiger partial charge in [-0.15, -0.1) is 11.3 Å². The van der Waals surface area contributed by atoms with E-state index in [9.17, 15) is 4.79 Å². The molecule has 0 saturated heterocycles. The van der Waals surface area contributed by atoms with Crippen molar-refractivity contribution < 1.29 is 14.3 Å². The van der Waals surface area contributed by atoms with Gasteiger partial charge >= 0.3 is 0 Å². The molecule has 0 atom stereocenters. The Balaban J connectivity index is 2.06. The lowest BCUT2D eigenvalue weighted by Gasteiger charge is -1.98. The number of aromatic nitrogens is 1. The highest BCUT2D eigenvalue weighted by Crippen LogP contribution is 2.37. The van der Waals surface area contributed by atoms with Gasteiger partial charge in [-0.1, -0.05) is 0 Å². The Morgan fingerprint density at radius 3 is 2.94 bits per heavy atom. The van der Waals surface area contributed by atoms with Gasteiger partial charge in [-0.3, -0.25) is 4.79 Å².